The summed E-state index contributed by atoms with van der Waals surface area (Å²) < 4.78 is 15.7. The van der Waals surface area contributed by atoms with Crippen LogP contribution in [0.5, 0.6) is 0 Å². The molecule has 0 aliphatic rings. The van der Waals surface area contributed by atoms with Crippen LogP contribution in [0, 0.1) is 0 Å². The zero-order valence-corrected chi connectivity index (χ0v) is 20.8. The summed E-state index contributed by atoms with van der Waals surface area (Å²) in [5.74, 6) is 0.722. The third kappa shape index (κ3) is 18.5. The van der Waals surface area contributed by atoms with E-state index in [1.54, 1.807) is 7.11 Å². The van der Waals surface area contributed by atoms with E-state index in [-0.39, 0.29) is 30.0 Å². The number of guanidine groups is 1. The summed E-state index contributed by atoms with van der Waals surface area (Å²) in [6, 6.07) is 0.0738. The van der Waals surface area contributed by atoms with Crippen molar-refractivity contribution < 1.29 is 19.0 Å². The van der Waals surface area contributed by atoms with Crippen LogP contribution >= 0.6 is 24.0 Å². The lowest BCUT2D eigenvalue weighted by atomic mass is 10.1. The standard InChI is InChI=1S/C19H40N4O4.HI/c1-7-9-10-16(15-22-18(24)27-19(3,4)5)23-17(20-8-2)21-11-12-26-14-13-25-6;/h16H,7-15H2,1-6H3,(H,22,24)(H2,20,21,23);1H. The molecule has 0 aliphatic heterocycles. The van der Waals surface area contributed by atoms with E-state index < -0.39 is 11.7 Å². The number of carbonyl (C=O) groups is 1. The molecule has 0 bridgehead atoms. The number of carbonyl (C=O) groups excluding carboxylic acids is 1. The number of hydrogen-bond acceptors (Lipinski definition) is 5. The van der Waals surface area contributed by atoms with Crippen LogP contribution in [0.15, 0.2) is 4.99 Å². The number of amides is 1. The molecule has 9 heteroatoms. The van der Waals surface area contributed by atoms with Crippen molar-refractivity contribution in [1.29, 1.82) is 0 Å². The Hall–Kier alpha value is -0.810. The van der Waals surface area contributed by atoms with E-state index in [9.17, 15) is 4.79 Å². The molecule has 0 fully saturated rings. The Morgan fingerprint density at radius 2 is 1.82 bits per heavy atom. The topological polar surface area (TPSA) is 93.2 Å². The smallest absolute Gasteiger partial charge is 0.407 e. The van der Waals surface area contributed by atoms with Crippen molar-refractivity contribution in [2.24, 2.45) is 4.99 Å². The number of nitrogens with one attached hydrogen (secondary N) is 3. The third-order valence-electron chi connectivity index (χ3n) is 3.42. The number of halogens is 1. The van der Waals surface area contributed by atoms with Crippen molar-refractivity contribution >= 4 is 36.0 Å². The van der Waals surface area contributed by atoms with Crippen LogP contribution in [-0.2, 0) is 14.2 Å². The molecule has 0 aliphatic carbocycles. The van der Waals surface area contributed by atoms with Gasteiger partial charge in [-0.15, -0.1) is 24.0 Å². The summed E-state index contributed by atoms with van der Waals surface area (Å²) >= 11 is 0. The van der Waals surface area contributed by atoms with Gasteiger partial charge < -0.3 is 30.2 Å². The van der Waals surface area contributed by atoms with E-state index in [4.69, 9.17) is 14.2 Å². The zero-order chi connectivity index (χ0) is 20.5. The summed E-state index contributed by atoms with van der Waals surface area (Å²) in [7, 11) is 1.65. The Morgan fingerprint density at radius 3 is 2.39 bits per heavy atom. The highest BCUT2D eigenvalue weighted by Gasteiger charge is 2.18. The second kappa shape index (κ2) is 18.2. The largest absolute Gasteiger partial charge is 0.444 e. The van der Waals surface area contributed by atoms with Gasteiger partial charge in [-0.1, -0.05) is 19.8 Å². The molecule has 0 saturated carbocycles. The molecule has 0 saturated heterocycles. The predicted molar refractivity (Wildman–Crippen MR) is 125 cm³/mol. The summed E-state index contributed by atoms with van der Waals surface area (Å²) in [5, 5.41) is 9.47. The van der Waals surface area contributed by atoms with E-state index in [0.717, 1.165) is 31.8 Å². The number of nitrogens with zero attached hydrogens (tertiary/aromatic N) is 1. The number of methoxy groups -OCH3 is 1. The van der Waals surface area contributed by atoms with Gasteiger partial charge in [-0.05, 0) is 34.1 Å². The van der Waals surface area contributed by atoms with Gasteiger partial charge in [0.15, 0.2) is 5.96 Å². The maximum absolute atomic E-state index is 11.9. The molecule has 0 aromatic heterocycles. The molecule has 0 heterocycles. The average Bonchev–Trinajstić information content (AvgIpc) is 2.58. The summed E-state index contributed by atoms with van der Waals surface area (Å²) in [6.45, 7) is 13.2. The number of aliphatic imine (C=N–C) groups is 1. The van der Waals surface area contributed by atoms with Crippen molar-refractivity contribution in [3.8, 4) is 0 Å². The quantitative estimate of drug-likeness (QED) is 0.151. The van der Waals surface area contributed by atoms with Gasteiger partial charge in [0, 0.05) is 26.2 Å². The highest BCUT2D eigenvalue weighted by Crippen LogP contribution is 2.07. The fourth-order valence-electron chi connectivity index (χ4n) is 2.18. The van der Waals surface area contributed by atoms with Gasteiger partial charge in [0.1, 0.15) is 5.60 Å². The minimum absolute atomic E-state index is 0. The number of rotatable bonds is 13. The molecular weight excluding hydrogens is 475 g/mol. The Balaban J connectivity index is 0. The van der Waals surface area contributed by atoms with Gasteiger partial charge >= 0.3 is 6.09 Å². The fraction of sp³-hybridized carbons (Fsp3) is 0.895. The van der Waals surface area contributed by atoms with Crippen LogP contribution in [0.25, 0.3) is 0 Å². The first-order chi connectivity index (χ1) is 12.8. The molecular formula is C19H41IN4O4. The Bertz CT molecular complexity index is 417. The maximum Gasteiger partial charge on any atom is 0.407 e. The Kier molecular flexibility index (Phi) is 19.1. The second-order valence-electron chi connectivity index (χ2n) is 7.23. The summed E-state index contributed by atoms with van der Waals surface area (Å²) in [4.78, 5) is 16.4. The SMILES string of the molecule is CCCCC(CNC(=O)OC(C)(C)C)NC(=NCCOCCOC)NCC.I. The number of unbranched alkanes of at least 4 members (excludes halogenated alkanes) is 1. The molecule has 1 amide bonds. The molecule has 28 heavy (non-hydrogen) atoms. The second-order valence-corrected chi connectivity index (χ2v) is 7.23. The molecule has 8 nitrogen and oxygen atoms in total. The minimum Gasteiger partial charge on any atom is -0.444 e. The number of hydrogen-bond donors (Lipinski definition) is 3. The predicted octanol–water partition coefficient (Wildman–Crippen LogP) is 2.91. The van der Waals surface area contributed by atoms with E-state index in [1.165, 1.54) is 0 Å². The normalized spacial score (nSPS) is 12.7. The van der Waals surface area contributed by atoms with Gasteiger partial charge in [-0.3, -0.25) is 4.99 Å². The Morgan fingerprint density at radius 1 is 1.11 bits per heavy atom. The van der Waals surface area contributed by atoms with Crippen molar-refractivity contribution in [3.05, 3.63) is 0 Å². The highest BCUT2D eigenvalue weighted by atomic mass is 127. The molecule has 0 radical (unpaired) electrons. The van der Waals surface area contributed by atoms with Gasteiger partial charge in [0.05, 0.1) is 26.4 Å². The molecule has 1 atom stereocenters. The van der Waals surface area contributed by atoms with E-state index in [0.29, 0.717) is 32.9 Å². The average molecular weight is 516 g/mol. The lowest BCUT2D eigenvalue weighted by Crippen LogP contribution is -2.49. The number of alkyl carbamates (subject to hydrolysis) is 1. The molecule has 0 rings (SSSR count). The van der Waals surface area contributed by atoms with Crippen LogP contribution in [0.1, 0.15) is 53.9 Å². The zero-order valence-electron chi connectivity index (χ0n) is 18.4. The van der Waals surface area contributed by atoms with Gasteiger partial charge in [-0.2, -0.15) is 0 Å². The first-order valence-electron chi connectivity index (χ1n) is 9.90. The molecule has 3 N–H and O–H groups in total. The van der Waals surface area contributed by atoms with Crippen LogP contribution < -0.4 is 16.0 Å². The van der Waals surface area contributed by atoms with Crippen molar-refractivity contribution in [3.63, 3.8) is 0 Å². The van der Waals surface area contributed by atoms with Crippen LogP contribution in [0.3, 0.4) is 0 Å². The lowest BCUT2D eigenvalue weighted by Gasteiger charge is -2.24. The van der Waals surface area contributed by atoms with Crippen LogP contribution in [-0.4, -0.2) is 70.3 Å². The van der Waals surface area contributed by atoms with E-state index in [1.807, 2.05) is 27.7 Å². The van der Waals surface area contributed by atoms with E-state index in [2.05, 4.69) is 27.9 Å². The van der Waals surface area contributed by atoms with Gasteiger partial charge in [-0.25, -0.2) is 4.79 Å². The van der Waals surface area contributed by atoms with Crippen LogP contribution in [0.2, 0.25) is 0 Å². The van der Waals surface area contributed by atoms with Gasteiger partial charge in [0.25, 0.3) is 0 Å². The molecule has 0 spiro atoms. The fourth-order valence-corrected chi connectivity index (χ4v) is 2.18. The van der Waals surface area contributed by atoms with Gasteiger partial charge in [0.2, 0.25) is 0 Å². The monoisotopic (exact) mass is 516 g/mol. The summed E-state index contributed by atoms with van der Waals surface area (Å²) in [6.07, 6.45) is 2.68. The lowest BCUT2D eigenvalue weighted by molar-refractivity contribution is 0.0522. The van der Waals surface area contributed by atoms with Crippen molar-refractivity contribution in [2.75, 3.05) is 46.6 Å². The molecule has 0 aromatic carbocycles. The van der Waals surface area contributed by atoms with Crippen molar-refractivity contribution in [2.45, 2.75) is 65.5 Å². The molecule has 1 unspecified atom stereocenters. The highest BCUT2D eigenvalue weighted by molar-refractivity contribution is 14.0. The molecule has 168 valence electrons. The summed E-state index contributed by atoms with van der Waals surface area (Å²) in [5.41, 5.74) is -0.504. The van der Waals surface area contributed by atoms with E-state index >= 15 is 0 Å². The first-order valence-corrected chi connectivity index (χ1v) is 9.90. The van der Waals surface area contributed by atoms with Crippen LogP contribution in [0.4, 0.5) is 4.79 Å². The third-order valence-corrected chi connectivity index (χ3v) is 3.42. The maximum atomic E-state index is 11.9. The molecule has 0 aromatic rings. The first kappa shape index (κ1) is 29.4. The number of ether oxygens (including phenoxy) is 3. The van der Waals surface area contributed by atoms with Crippen molar-refractivity contribution in [1.82, 2.24) is 16.0 Å². The minimum atomic E-state index is -0.504. The Labute approximate surface area is 187 Å².